The molecule has 7 heteroatoms. The first-order chi connectivity index (χ1) is 10.3. The van der Waals surface area contributed by atoms with Gasteiger partial charge in [-0.25, -0.2) is 13.6 Å². The summed E-state index contributed by atoms with van der Waals surface area (Å²) in [6, 6.07) is 5.52. The number of hydrogen-bond donors (Lipinski definition) is 2. The molecule has 1 rings (SSSR count). The van der Waals surface area contributed by atoms with Gasteiger partial charge < -0.3 is 15.2 Å². The van der Waals surface area contributed by atoms with Crippen LogP contribution in [0.5, 0.6) is 5.75 Å². The van der Waals surface area contributed by atoms with E-state index in [1.165, 1.54) is 0 Å². The monoisotopic (exact) mass is 315 g/mol. The number of carboxylic acid groups (broad SMARTS) is 1. The molecule has 22 heavy (non-hydrogen) atoms. The Labute approximate surface area is 127 Å². The first-order valence-electron chi connectivity index (χ1n) is 6.77. The van der Waals surface area contributed by atoms with E-state index in [0.29, 0.717) is 5.75 Å². The highest BCUT2D eigenvalue weighted by molar-refractivity contribution is 5.83. The van der Waals surface area contributed by atoms with Crippen LogP contribution in [0.15, 0.2) is 24.3 Å². The number of carboxylic acids is 1. The molecule has 0 fully saturated rings. The van der Waals surface area contributed by atoms with Crippen LogP contribution in [0.4, 0.5) is 8.78 Å². The Hall–Kier alpha value is -2.18. The van der Waals surface area contributed by atoms with Crippen LogP contribution in [0.25, 0.3) is 0 Å². The number of rotatable bonds is 8. The number of nitrogens with one attached hydrogen (secondary N) is 1. The van der Waals surface area contributed by atoms with Crippen LogP contribution in [0.1, 0.15) is 31.2 Å². The predicted octanol–water partition coefficient (Wildman–Crippen LogP) is 2.41. The molecule has 0 heterocycles. The predicted molar refractivity (Wildman–Crippen MR) is 76.2 cm³/mol. The maximum Gasteiger partial charge on any atom is 0.326 e. The van der Waals surface area contributed by atoms with E-state index in [0.717, 1.165) is 5.56 Å². The second kappa shape index (κ2) is 8.31. The van der Waals surface area contributed by atoms with E-state index in [1.54, 1.807) is 38.3 Å². The van der Waals surface area contributed by atoms with E-state index in [1.807, 2.05) is 0 Å². The summed E-state index contributed by atoms with van der Waals surface area (Å²) in [5, 5.41) is 10.9. The smallest absolute Gasteiger partial charge is 0.326 e. The number of benzene rings is 1. The molecule has 1 aromatic rings. The molecule has 2 N–H and O–H groups in total. The van der Waals surface area contributed by atoms with Crippen molar-refractivity contribution in [1.82, 2.24) is 5.32 Å². The molecule has 2 unspecified atom stereocenters. The third-order valence-electron chi connectivity index (χ3n) is 3.22. The maximum atomic E-state index is 12.3. The van der Waals surface area contributed by atoms with Crippen LogP contribution in [-0.2, 0) is 9.59 Å². The number of halogens is 2. The molecule has 0 saturated heterocycles. The van der Waals surface area contributed by atoms with Gasteiger partial charge in [-0.3, -0.25) is 4.79 Å². The third kappa shape index (κ3) is 5.67. The minimum absolute atomic E-state index is 0.0132. The van der Waals surface area contributed by atoms with Gasteiger partial charge in [-0.1, -0.05) is 19.1 Å². The molecule has 1 aromatic carbocycles. The van der Waals surface area contributed by atoms with E-state index >= 15 is 0 Å². The lowest BCUT2D eigenvalue weighted by molar-refractivity contribution is -0.143. The van der Waals surface area contributed by atoms with Gasteiger partial charge in [0.05, 0.1) is 7.11 Å². The number of aliphatic carboxylic acids is 1. The van der Waals surface area contributed by atoms with Gasteiger partial charge in [-0.15, -0.1) is 0 Å². The number of hydrogen-bond acceptors (Lipinski definition) is 3. The summed E-state index contributed by atoms with van der Waals surface area (Å²) >= 11 is 0. The Morgan fingerprint density at radius 2 is 1.86 bits per heavy atom. The van der Waals surface area contributed by atoms with Crippen molar-refractivity contribution in [3.63, 3.8) is 0 Å². The van der Waals surface area contributed by atoms with Crippen molar-refractivity contribution in [2.75, 3.05) is 7.11 Å². The largest absolute Gasteiger partial charge is 0.497 e. The molecule has 0 aliphatic heterocycles. The summed E-state index contributed by atoms with van der Waals surface area (Å²) in [7, 11) is 1.54. The summed E-state index contributed by atoms with van der Waals surface area (Å²) in [4.78, 5) is 22.6. The van der Waals surface area contributed by atoms with Crippen molar-refractivity contribution in [2.45, 2.75) is 38.2 Å². The van der Waals surface area contributed by atoms with Crippen LogP contribution in [0.3, 0.4) is 0 Å². The molecule has 0 aliphatic carbocycles. The first-order valence-corrected chi connectivity index (χ1v) is 6.77. The van der Waals surface area contributed by atoms with Crippen molar-refractivity contribution in [1.29, 1.82) is 0 Å². The summed E-state index contributed by atoms with van der Waals surface area (Å²) in [5.41, 5.74) is 0.872. The molecule has 0 aromatic heterocycles. The van der Waals surface area contributed by atoms with Gasteiger partial charge in [-0.2, -0.15) is 0 Å². The summed E-state index contributed by atoms with van der Waals surface area (Å²) < 4.78 is 29.6. The maximum absolute atomic E-state index is 12.3. The van der Waals surface area contributed by atoms with Crippen molar-refractivity contribution in [3.05, 3.63) is 29.8 Å². The Morgan fingerprint density at radius 3 is 2.32 bits per heavy atom. The van der Waals surface area contributed by atoms with Gasteiger partial charge in [0.1, 0.15) is 11.8 Å². The van der Waals surface area contributed by atoms with Crippen molar-refractivity contribution >= 4 is 11.9 Å². The van der Waals surface area contributed by atoms with Crippen LogP contribution in [-0.4, -0.2) is 36.6 Å². The van der Waals surface area contributed by atoms with Gasteiger partial charge in [-0.05, 0) is 23.6 Å². The van der Waals surface area contributed by atoms with Crippen molar-refractivity contribution in [3.8, 4) is 5.75 Å². The highest BCUT2D eigenvalue weighted by Crippen LogP contribution is 2.21. The standard InChI is InChI=1S/C15H19F2NO4/c1-9(10-3-5-11(22-2)6-4-10)7-14(19)18-12(15(20)21)8-13(16)17/h3-6,9,12-13H,7-8H2,1-2H3,(H,18,19)(H,20,21). The van der Waals surface area contributed by atoms with Gasteiger partial charge >= 0.3 is 5.97 Å². The number of amides is 1. The molecular weight excluding hydrogens is 296 g/mol. The zero-order chi connectivity index (χ0) is 16.7. The van der Waals surface area contributed by atoms with E-state index in [2.05, 4.69) is 5.32 Å². The van der Waals surface area contributed by atoms with E-state index in [-0.39, 0.29) is 12.3 Å². The SMILES string of the molecule is COc1ccc(C(C)CC(=O)NC(CC(F)F)C(=O)O)cc1. The third-order valence-corrected chi connectivity index (χ3v) is 3.22. The molecule has 0 aliphatic rings. The zero-order valence-electron chi connectivity index (χ0n) is 12.4. The number of carbonyl (C=O) groups excluding carboxylic acids is 1. The molecule has 0 bridgehead atoms. The van der Waals surface area contributed by atoms with Gasteiger partial charge in [0.2, 0.25) is 12.3 Å². The first kappa shape index (κ1) is 17.9. The van der Waals surface area contributed by atoms with Crippen molar-refractivity contribution in [2.24, 2.45) is 0 Å². The fourth-order valence-corrected chi connectivity index (χ4v) is 1.98. The average molecular weight is 315 g/mol. The van der Waals surface area contributed by atoms with Crippen molar-refractivity contribution < 1.29 is 28.2 Å². The normalized spacial score (nSPS) is 13.5. The van der Waals surface area contributed by atoms with Crippen LogP contribution in [0, 0.1) is 0 Å². The number of carbonyl (C=O) groups is 2. The summed E-state index contributed by atoms with van der Waals surface area (Å²) in [6.45, 7) is 1.80. The van der Waals surface area contributed by atoms with Gasteiger partial charge in [0.15, 0.2) is 0 Å². The Kier molecular flexibility index (Phi) is 6.75. The highest BCUT2D eigenvalue weighted by atomic mass is 19.3. The van der Waals surface area contributed by atoms with E-state index in [4.69, 9.17) is 9.84 Å². The molecule has 1 amide bonds. The second-order valence-corrected chi connectivity index (χ2v) is 4.96. The molecule has 0 saturated carbocycles. The molecule has 2 atom stereocenters. The zero-order valence-corrected chi connectivity index (χ0v) is 12.4. The summed E-state index contributed by atoms with van der Waals surface area (Å²) in [6.07, 6.45) is -3.68. The lowest BCUT2D eigenvalue weighted by Crippen LogP contribution is -2.42. The Bertz CT molecular complexity index is 505. The lowest BCUT2D eigenvalue weighted by atomic mass is 9.97. The minimum atomic E-state index is -2.79. The summed E-state index contributed by atoms with van der Waals surface area (Å²) in [5.74, 6) is -1.53. The number of alkyl halides is 2. The quantitative estimate of drug-likeness (QED) is 0.772. The topological polar surface area (TPSA) is 75.6 Å². The average Bonchev–Trinajstić information content (AvgIpc) is 2.46. The van der Waals surface area contributed by atoms with Crippen LogP contribution in [0.2, 0.25) is 0 Å². The molecule has 0 spiro atoms. The molecule has 0 radical (unpaired) electrons. The fourth-order valence-electron chi connectivity index (χ4n) is 1.98. The molecular formula is C15H19F2NO4. The van der Waals surface area contributed by atoms with Crippen LogP contribution >= 0.6 is 0 Å². The Morgan fingerprint density at radius 1 is 1.27 bits per heavy atom. The molecule has 5 nitrogen and oxygen atoms in total. The lowest BCUT2D eigenvalue weighted by Gasteiger charge is -2.16. The van der Waals surface area contributed by atoms with E-state index in [9.17, 15) is 18.4 Å². The Balaban J connectivity index is 2.60. The number of methoxy groups -OCH3 is 1. The fraction of sp³-hybridized carbons (Fsp3) is 0.467. The van der Waals surface area contributed by atoms with Gasteiger partial charge in [0, 0.05) is 12.8 Å². The number of ether oxygens (including phenoxy) is 1. The minimum Gasteiger partial charge on any atom is -0.497 e. The van der Waals surface area contributed by atoms with E-state index < -0.39 is 30.8 Å². The van der Waals surface area contributed by atoms with Gasteiger partial charge in [0.25, 0.3) is 0 Å². The second-order valence-electron chi connectivity index (χ2n) is 4.96. The van der Waals surface area contributed by atoms with Crippen LogP contribution < -0.4 is 10.1 Å². The highest BCUT2D eigenvalue weighted by Gasteiger charge is 2.24. The molecule has 122 valence electrons.